The summed E-state index contributed by atoms with van der Waals surface area (Å²) in [4.78, 5) is 28.8. The number of piperidine rings is 1. The first-order chi connectivity index (χ1) is 14.9. The van der Waals surface area contributed by atoms with Gasteiger partial charge in [0.2, 0.25) is 15.6 Å². The van der Waals surface area contributed by atoms with Crippen LogP contribution in [0.4, 0.5) is 0 Å². The van der Waals surface area contributed by atoms with Crippen LogP contribution < -0.4 is 10.9 Å². The van der Waals surface area contributed by atoms with Crippen molar-refractivity contribution >= 4 is 38.2 Å². The maximum Gasteiger partial charge on any atom is 0.252 e. The van der Waals surface area contributed by atoms with Crippen molar-refractivity contribution in [2.75, 3.05) is 6.54 Å². The molecule has 0 bridgehead atoms. The summed E-state index contributed by atoms with van der Waals surface area (Å²) < 4.78 is 28.4. The lowest BCUT2D eigenvalue weighted by molar-refractivity contribution is 0.0952. The van der Waals surface area contributed by atoms with Crippen LogP contribution in [-0.2, 0) is 16.6 Å². The Balaban J connectivity index is 1.72. The fourth-order valence-corrected chi connectivity index (χ4v) is 6.53. The molecule has 1 saturated heterocycles. The average Bonchev–Trinajstić information content (AvgIpc) is 3.30. The van der Waals surface area contributed by atoms with Crippen molar-refractivity contribution in [2.24, 2.45) is 0 Å². The summed E-state index contributed by atoms with van der Waals surface area (Å²) >= 11 is 1.52. The Hall–Kier alpha value is -2.49. The molecule has 0 aliphatic carbocycles. The largest absolute Gasteiger partial charge is 0.347 e. The third-order valence-corrected chi connectivity index (χ3v) is 8.54. The maximum atomic E-state index is 13.4. The van der Waals surface area contributed by atoms with Crippen LogP contribution in [-0.4, -0.2) is 36.2 Å². The van der Waals surface area contributed by atoms with E-state index in [0.717, 1.165) is 30.6 Å². The highest BCUT2D eigenvalue weighted by Gasteiger charge is 2.32. The number of amides is 1. The highest BCUT2D eigenvalue weighted by atomic mass is 32.2. The van der Waals surface area contributed by atoms with E-state index >= 15 is 0 Å². The number of fused-ring (bicyclic) bond motifs is 1. The van der Waals surface area contributed by atoms with Crippen LogP contribution in [0.1, 0.15) is 47.8 Å². The van der Waals surface area contributed by atoms with E-state index in [2.05, 4.69) is 10.3 Å². The summed E-state index contributed by atoms with van der Waals surface area (Å²) in [5.74, 6) is -0.413. The zero-order valence-electron chi connectivity index (χ0n) is 17.3. The summed E-state index contributed by atoms with van der Waals surface area (Å²) in [5.41, 5.74) is 0.183. The molecule has 1 amide bonds. The summed E-state index contributed by atoms with van der Waals surface area (Å²) in [7, 11) is -3.70. The van der Waals surface area contributed by atoms with Crippen LogP contribution in [0.5, 0.6) is 0 Å². The highest BCUT2D eigenvalue weighted by Crippen LogP contribution is 2.29. The van der Waals surface area contributed by atoms with Gasteiger partial charge in [-0.05, 0) is 48.9 Å². The second-order valence-electron chi connectivity index (χ2n) is 7.69. The van der Waals surface area contributed by atoms with Crippen molar-refractivity contribution < 1.29 is 13.2 Å². The molecule has 31 heavy (non-hydrogen) atoms. The second kappa shape index (κ2) is 8.94. The molecule has 0 spiro atoms. The third-order valence-electron chi connectivity index (χ3n) is 5.71. The van der Waals surface area contributed by atoms with E-state index in [9.17, 15) is 18.0 Å². The average molecular weight is 460 g/mol. The van der Waals surface area contributed by atoms with Crippen LogP contribution in [0.3, 0.4) is 0 Å². The molecule has 1 atom stereocenters. The molecule has 1 unspecified atom stereocenters. The van der Waals surface area contributed by atoms with Crippen LogP contribution in [0.2, 0.25) is 0 Å². The van der Waals surface area contributed by atoms with Crippen molar-refractivity contribution in [1.29, 1.82) is 0 Å². The Morgan fingerprint density at radius 3 is 2.84 bits per heavy atom. The van der Waals surface area contributed by atoms with E-state index in [-0.39, 0.29) is 16.5 Å². The zero-order valence-corrected chi connectivity index (χ0v) is 18.9. The quantitative estimate of drug-likeness (QED) is 0.590. The highest BCUT2D eigenvalue weighted by molar-refractivity contribution is 7.89. The Bertz CT molecular complexity index is 1250. The number of pyridine rings is 1. The van der Waals surface area contributed by atoms with Crippen molar-refractivity contribution in [3.8, 4) is 0 Å². The summed E-state index contributed by atoms with van der Waals surface area (Å²) in [6, 6.07) is 9.58. The van der Waals surface area contributed by atoms with E-state index < -0.39 is 21.5 Å². The number of carbonyl (C=O) groups is 1. The summed E-state index contributed by atoms with van der Waals surface area (Å²) in [6.45, 7) is 2.84. The van der Waals surface area contributed by atoms with Crippen molar-refractivity contribution in [2.45, 2.75) is 50.1 Å². The van der Waals surface area contributed by atoms with Gasteiger partial charge in [0.1, 0.15) is 0 Å². The van der Waals surface area contributed by atoms with Gasteiger partial charge in [0, 0.05) is 34.4 Å². The van der Waals surface area contributed by atoms with Gasteiger partial charge in [0.05, 0.1) is 17.0 Å². The number of thiophene rings is 1. The smallest absolute Gasteiger partial charge is 0.252 e. The molecule has 2 aromatic heterocycles. The van der Waals surface area contributed by atoms with Gasteiger partial charge in [-0.25, -0.2) is 8.42 Å². The topological polar surface area (TPSA) is 99.3 Å². The van der Waals surface area contributed by atoms with E-state index in [1.165, 1.54) is 29.5 Å². The molecule has 0 radical (unpaired) electrons. The molecule has 4 rings (SSSR count). The third kappa shape index (κ3) is 4.44. The van der Waals surface area contributed by atoms with Crippen LogP contribution in [0, 0.1) is 0 Å². The minimum atomic E-state index is -3.70. The van der Waals surface area contributed by atoms with Gasteiger partial charge in [-0.2, -0.15) is 4.31 Å². The van der Waals surface area contributed by atoms with Gasteiger partial charge in [-0.15, -0.1) is 11.3 Å². The number of nitrogens with zero attached hydrogens (tertiary/aromatic N) is 1. The lowest BCUT2D eigenvalue weighted by Crippen LogP contribution is -2.43. The van der Waals surface area contributed by atoms with E-state index in [4.69, 9.17) is 0 Å². The van der Waals surface area contributed by atoms with Gasteiger partial charge in [-0.3, -0.25) is 9.59 Å². The van der Waals surface area contributed by atoms with Crippen molar-refractivity contribution in [1.82, 2.24) is 14.6 Å². The normalized spacial score (nSPS) is 17.6. The Kier molecular flexibility index (Phi) is 6.27. The van der Waals surface area contributed by atoms with Gasteiger partial charge in [0.15, 0.2) is 0 Å². The summed E-state index contributed by atoms with van der Waals surface area (Å²) in [6.07, 6.45) is 3.48. The lowest BCUT2D eigenvalue weighted by Gasteiger charge is -2.34. The Morgan fingerprint density at radius 1 is 1.26 bits per heavy atom. The first-order valence-corrected chi connectivity index (χ1v) is 12.7. The SMILES string of the molecule is CCC1CCCCN1S(=O)(=O)c1ccc2[nH]c(=O)cc(C(=O)NCc3cccs3)c2c1. The number of hydrogen-bond donors (Lipinski definition) is 2. The monoisotopic (exact) mass is 459 g/mol. The van der Waals surface area contributed by atoms with Gasteiger partial charge in [-0.1, -0.05) is 19.4 Å². The number of aromatic nitrogens is 1. The zero-order chi connectivity index (χ0) is 22.0. The number of sulfonamides is 1. The second-order valence-corrected chi connectivity index (χ2v) is 10.6. The van der Waals surface area contributed by atoms with Gasteiger partial charge in [0.25, 0.3) is 5.91 Å². The molecular weight excluding hydrogens is 434 g/mol. The number of H-pyrrole nitrogens is 1. The molecule has 1 aromatic carbocycles. The number of carbonyl (C=O) groups excluding carboxylic acids is 1. The molecule has 1 aliphatic rings. The van der Waals surface area contributed by atoms with E-state index in [1.807, 2.05) is 24.4 Å². The van der Waals surface area contributed by atoms with Crippen LogP contribution in [0.25, 0.3) is 10.9 Å². The van der Waals surface area contributed by atoms with Gasteiger partial charge < -0.3 is 10.3 Å². The lowest BCUT2D eigenvalue weighted by atomic mass is 10.0. The number of benzene rings is 1. The summed E-state index contributed by atoms with van der Waals surface area (Å²) in [5, 5.41) is 5.15. The van der Waals surface area contributed by atoms with Crippen LogP contribution in [0.15, 0.2) is 51.5 Å². The van der Waals surface area contributed by atoms with Crippen molar-refractivity contribution in [3.05, 3.63) is 62.6 Å². The molecule has 9 heteroatoms. The first kappa shape index (κ1) is 21.7. The minimum absolute atomic E-state index is 0.0152. The molecule has 1 fully saturated rings. The molecule has 3 aromatic rings. The maximum absolute atomic E-state index is 13.4. The van der Waals surface area contributed by atoms with E-state index in [1.54, 1.807) is 10.4 Å². The fourth-order valence-electron chi connectivity index (χ4n) is 4.09. The Morgan fingerprint density at radius 2 is 2.10 bits per heavy atom. The molecule has 164 valence electrons. The predicted octanol–water partition coefficient (Wildman–Crippen LogP) is 3.47. The van der Waals surface area contributed by atoms with Crippen LogP contribution >= 0.6 is 11.3 Å². The molecule has 7 nitrogen and oxygen atoms in total. The molecule has 2 N–H and O–H groups in total. The molecule has 3 heterocycles. The van der Waals surface area contributed by atoms with E-state index in [0.29, 0.717) is 24.0 Å². The first-order valence-electron chi connectivity index (χ1n) is 10.4. The standard InChI is InChI=1S/C22H25N3O4S2/c1-2-15-6-3-4-10-25(15)31(28,29)17-8-9-20-18(12-17)19(13-21(26)24-20)22(27)23-14-16-7-5-11-30-16/h5,7-9,11-13,15H,2-4,6,10,14H2,1H3,(H,23,27)(H,24,26). The molecular formula is C22H25N3O4S2. The molecule has 0 saturated carbocycles. The predicted molar refractivity (Wildman–Crippen MR) is 122 cm³/mol. The molecule has 1 aliphatic heterocycles. The number of nitrogens with one attached hydrogen (secondary N) is 2. The minimum Gasteiger partial charge on any atom is -0.347 e. The fraction of sp³-hybridized carbons (Fsp3) is 0.364. The number of rotatable bonds is 6. The van der Waals surface area contributed by atoms with Crippen molar-refractivity contribution in [3.63, 3.8) is 0 Å². The number of hydrogen-bond acceptors (Lipinski definition) is 5. The Labute approximate surface area is 185 Å². The number of aromatic amines is 1. The van der Waals surface area contributed by atoms with Gasteiger partial charge >= 0.3 is 0 Å².